The Labute approximate surface area is 101 Å². The van der Waals surface area contributed by atoms with Gasteiger partial charge in [-0.1, -0.05) is 30.3 Å². The van der Waals surface area contributed by atoms with Gasteiger partial charge in [-0.25, -0.2) is 0 Å². The van der Waals surface area contributed by atoms with Crippen LogP contribution in [0.3, 0.4) is 0 Å². The molecular formula is C13H19NOS. The fourth-order valence-corrected chi connectivity index (χ4v) is 3.31. The molecule has 88 valence electrons. The molecule has 2 rings (SSSR count). The topological polar surface area (TPSA) is 32.3 Å². The monoisotopic (exact) mass is 237 g/mol. The number of hydrogen-bond donors (Lipinski definition) is 2. The van der Waals surface area contributed by atoms with Crippen molar-refractivity contribution in [1.82, 2.24) is 5.32 Å². The largest absolute Gasteiger partial charge is 0.394 e. The summed E-state index contributed by atoms with van der Waals surface area (Å²) in [7, 11) is 0. The second-order valence-electron chi connectivity index (χ2n) is 4.39. The lowest BCUT2D eigenvalue weighted by atomic mass is 9.93. The SMILES string of the molecule is OCC1(NCc2ccccc2)CCSCC1. The molecule has 16 heavy (non-hydrogen) atoms. The molecule has 0 bridgehead atoms. The van der Waals surface area contributed by atoms with Crippen LogP contribution in [0.1, 0.15) is 18.4 Å². The second-order valence-corrected chi connectivity index (χ2v) is 5.61. The number of hydrogen-bond acceptors (Lipinski definition) is 3. The summed E-state index contributed by atoms with van der Waals surface area (Å²) in [4.78, 5) is 0. The Morgan fingerprint density at radius 2 is 1.88 bits per heavy atom. The first-order chi connectivity index (χ1) is 7.85. The third kappa shape index (κ3) is 3.00. The average molecular weight is 237 g/mol. The quantitative estimate of drug-likeness (QED) is 0.840. The van der Waals surface area contributed by atoms with Gasteiger partial charge in [0, 0.05) is 12.1 Å². The van der Waals surface area contributed by atoms with E-state index in [1.165, 1.54) is 5.56 Å². The van der Waals surface area contributed by atoms with Crippen molar-refractivity contribution >= 4 is 11.8 Å². The van der Waals surface area contributed by atoms with Crippen LogP contribution in [0.5, 0.6) is 0 Å². The predicted molar refractivity (Wildman–Crippen MR) is 69.7 cm³/mol. The lowest BCUT2D eigenvalue weighted by molar-refractivity contribution is 0.149. The van der Waals surface area contributed by atoms with Crippen molar-refractivity contribution in [2.75, 3.05) is 18.1 Å². The zero-order chi connectivity index (χ0) is 11.3. The van der Waals surface area contributed by atoms with E-state index >= 15 is 0 Å². The van der Waals surface area contributed by atoms with E-state index in [0.717, 1.165) is 30.9 Å². The maximum absolute atomic E-state index is 9.55. The first-order valence-electron chi connectivity index (χ1n) is 5.82. The van der Waals surface area contributed by atoms with Crippen molar-refractivity contribution < 1.29 is 5.11 Å². The zero-order valence-corrected chi connectivity index (χ0v) is 10.3. The smallest absolute Gasteiger partial charge is 0.0614 e. The summed E-state index contributed by atoms with van der Waals surface area (Å²) in [6, 6.07) is 10.4. The Kier molecular flexibility index (Phi) is 4.27. The van der Waals surface area contributed by atoms with Crippen LogP contribution in [0.4, 0.5) is 0 Å². The van der Waals surface area contributed by atoms with Gasteiger partial charge in [0.1, 0.15) is 0 Å². The Bertz CT molecular complexity index is 309. The van der Waals surface area contributed by atoms with E-state index in [2.05, 4.69) is 29.6 Å². The Balaban J connectivity index is 1.92. The van der Waals surface area contributed by atoms with Crippen molar-refractivity contribution in [2.45, 2.75) is 24.9 Å². The maximum atomic E-state index is 9.55. The van der Waals surface area contributed by atoms with Gasteiger partial charge < -0.3 is 10.4 Å². The van der Waals surface area contributed by atoms with Gasteiger partial charge in [0.05, 0.1) is 6.61 Å². The Hall–Kier alpha value is -0.510. The first kappa shape index (κ1) is 12.0. The molecule has 0 atom stereocenters. The van der Waals surface area contributed by atoms with Gasteiger partial charge in [-0.3, -0.25) is 0 Å². The molecule has 0 spiro atoms. The van der Waals surface area contributed by atoms with Gasteiger partial charge in [0.2, 0.25) is 0 Å². The van der Waals surface area contributed by atoms with Crippen molar-refractivity contribution in [3.63, 3.8) is 0 Å². The molecule has 1 fully saturated rings. The normalized spacial score (nSPS) is 19.6. The lowest BCUT2D eigenvalue weighted by Gasteiger charge is -2.36. The summed E-state index contributed by atoms with van der Waals surface area (Å²) in [5.74, 6) is 2.31. The van der Waals surface area contributed by atoms with Crippen LogP contribution in [-0.2, 0) is 6.54 Å². The van der Waals surface area contributed by atoms with Crippen molar-refractivity contribution in [2.24, 2.45) is 0 Å². The molecule has 0 amide bonds. The van der Waals surface area contributed by atoms with Crippen LogP contribution < -0.4 is 5.32 Å². The summed E-state index contributed by atoms with van der Waals surface area (Å²) in [5, 5.41) is 13.1. The van der Waals surface area contributed by atoms with Gasteiger partial charge in [-0.15, -0.1) is 0 Å². The van der Waals surface area contributed by atoms with Gasteiger partial charge in [0.15, 0.2) is 0 Å². The third-order valence-corrected chi connectivity index (χ3v) is 4.25. The van der Waals surface area contributed by atoms with Crippen LogP contribution in [0.15, 0.2) is 30.3 Å². The molecule has 0 aliphatic carbocycles. The molecule has 0 aromatic heterocycles. The van der Waals surface area contributed by atoms with Gasteiger partial charge in [-0.05, 0) is 29.9 Å². The summed E-state index contributed by atoms with van der Waals surface area (Å²) in [5.41, 5.74) is 1.25. The lowest BCUT2D eigenvalue weighted by Crippen LogP contribution is -2.50. The molecule has 1 saturated heterocycles. The summed E-state index contributed by atoms with van der Waals surface area (Å²) >= 11 is 1.98. The standard InChI is InChI=1S/C13H19NOS/c15-11-13(6-8-16-9-7-13)14-10-12-4-2-1-3-5-12/h1-5,14-15H,6-11H2. The molecule has 1 heterocycles. The van der Waals surface area contributed by atoms with E-state index in [9.17, 15) is 5.11 Å². The maximum Gasteiger partial charge on any atom is 0.0614 e. The molecule has 1 aliphatic heterocycles. The van der Waals surface area contributed by atoms with E-state index in [-0.39, 0.29) is 12.1 Å². The molecule has 0 radical (unpaired) electrons. The van der Waals surface area contributed by atoms with Crippen molar-refractivity contribution in [1.29, 1.82) is 0 Å². The highest BCUT2D eigenvalue weighted by Crippen LogP contribution is 2.26. The molecular weight excluding hydrogens is 218 g/mol. The van der Waals surface area contributed by atoms with Gasteiger partial charge in [0.25, 0.3) is 0 Å². The van der Waals surface area contributed by atoms with E-state index in [0.29, 0.717) is 0 Å². The zero-order valence-electron chi connectivity index (χ0n) is 9.48. The van der Waals surface area contributed by atoms with E-state index in [4.69, 9.17) is 0 Å². The van der Waals surface area contributed by atoms with Crippen LogP contribution in [-0.4, -0.2) is 28.8 Å². The highest BCUT2D eigenvalue weighted by Gasteiger charge is 2.30. The number of rotatable bonds is 4. The van der Waals surface area contributed by atoms with Crippen LogP contribution >= 0.6 is 11.8 Å². The number of nitrogens with one attached hydrogen (secondary N) is 1. The fraction of sp³-hybridized carbons (Fsp3) is 0.538. The van der Waals surface area contributed by atoms with E-state index in [1.807, 2.05) is 17.8 Å². The van der Waals surface area contributed by atoms with Gasteiger partial charge >= 0.3 is 0 Å². The van der Waals surface area contributed by atoms with E-state index in [1.54, 1.807) is 0 Å². The minimum atomic E-state index is -0.0406. The summed E-state index contributed by atoms with van der Waals surface area (Å²) in [6.45, 7) is 1.10. The molecule has 1 aromatic carbocycles. The highest BCUT2D eigenvalue weighted by molar-refractivity contribution is 7.99. The molecule has 2 nitrogen and oxygen atoms in total. The number of aliphatic hydroxyl groups excluding tert-OH is 1. The van der Waals surface area contributed by atoms with Crippen LogP contribution in [0.25, 0.3) is 0 Å². The van der Waals surface area contributed by atoms with Gasteiger partial charge in [-0.2, -0.15) is 11.8 Å². The molecule has 0 saturated carbocycles. The summed E-state index contributed by atoms with van der Waals surface area (Å²) in [6.07, 6.45) is 2.14. The van der Waals surface area contributed by atoms with Crippen molar-refractivity contribution in [3.8, 4) is 0 Å². The summed E-state index contributed by atoms with van der Waals surface area (Å²) < 4.78 is 0. The third-order valence-electron chi connectivity index (χ3n) is 3.26. The first-order valence-corrected chi connectivity index (χ1v) is 6.98. The molecule has 0 unspecified atom stereocenters. The minimum absolute atomic E-state index is 0.0406. The van der Waals surface area contributed by atoms with E-state index < -0.39 is 0 Å². The number of benzene rings is 1. The van der Waals surface area contributed by atoms with Crippen LogP contribution in [0.2, 0.25) is 0 Å². The predicted octanol–water partition coefficient (Wildman–Crippen LogP) is 2.03. The van der Waals surface area contributed by atoms with Crippen molar-refractivity contribution in [3.05, 3.63) is 35.9 Å². The molecule has 3 heteroatoms. The minimum Gasteiger partial charge on any atom is -0.394 e. The second kappa shape index (κ2) is 5.71. The Morgan fingerprint density at radius 1 is 1.19 bits per heavy atom. The fourth-order valence-electron chi connectivity index (χ4n) is 2.04. The molecule has 1 aromatic rings. The van der Waals surface area contributed by atoms with Crippen LogP contribution in [0, 0.1) is 0 Å². The molecule has 1 aliphatic rings. The Morgan fingerprint density at radius 3 is 2.50 bits per heavy atom. The average Bonchev–Trinajstić information content (AvgIpc) is 2.39. The molecule has 2 N–H and O–H groups in total. The number of aliphatic hydroxyl groups is 1. The highest BCUT2D eigenvalue weighted by atomic mass is 32.2. The number of thioether (sulfide) groups is 1.